The van der Waals surface area contributed by atoms with Crippen molar-refractivity contribution in [2.75, 3.05) is 6.54 Å². The van der Waals surface area contributed by atoms with E-state index >= 15 is 0 Å². The average molecular weight is 398 g/mol. The van der Waals surface area contributed by atoms with Crippen molar-refractivity contribution in [1.29, 1.82) is 0 Å². The summed E-state index contributed by atoms with van der Waals surface area (Å²) in [5, 5.41) is 3.07. The lowest BCUT2D eigenvalue weighted by atomic mass is 9.98. The summed E-state index contributed by atoms with van der Waals surface area (Å²) in [4.78, 5) is 38.8. The normalized spacial score (nSPS) is 13.8. The van der Waals surface area contributed by atoms with Gasteiger partial charge in [-0.05, 0) is 29.7 Å². The molecule has 1 aliphatic heterocycles. The second kappa shape index (κ2) is 8.74. The molecule has 4 rings (SSSR count). The molecule has 3 amide bonds. The summed E-state index contributed by atoms with van der Waals surface area (Å²) in [7, 11) is 0. The van der Waals surface area contributed by atoms with Crippen molar-refractivity contribution >= 4 is 17.7 Å². The maximum Gasteiger partial charge on any atom is 0.261 e. The van der Waals surface area contributed by atoms with Crippen LogP contribution in [-0.2, 0) is 11.2 Å². The first kappa shape index (κ1) is 19.6. The number of fused-ring (bicyclic) bond motifs is 1. The van der Waals surface area contributed by atoms with Gasteiger partial charge in [0.2, 0.25) is 5.91 Å². The van der Waals surface area contributed by atoms with Crippen LogP contribution in [0.5, 0.6) is 0 Å². The number of nitrogens with one attached hydrogen (secondary N) is 1. The number of carbonyl (C=O) groups is 3. The summed E-state index contributed by atoms with van der Waals surface area (Å²) < 4.78 is 0. The second-order valence-corrected chi connectivity index (χ2v) is 7.28. The van der Waals surface area contributed by atoms with Gasteiger partial charge in [0.25, 0.3) is 11.8 Å². The van der Waals surface area contributed by atoms with Gasteiger partial charge in [-0.3, -0.25) is 19.3 Å². The molecule has 1 atom stereocenters. The summed E-state index contributed by atoms with van der Waals surface area (Å²) in [6.45, 7) is 0.0605. The number of imide groups is 1. The number of amides is 3. The highest BCUT2D eigenvalue weighted by Gasteiger charge is 2.35. The van der Waals surface area contributed by atoms with Crippen LogP contribution in [0.3, 0.4) is 0 Å². The van der Waals surface area contributed by atoms with Crippen LogP contribution >= 0.6 is 0 Å². The third kappa shape index (κ3) is 4.15. The van der Waals surface area contributed by atoms with Gasteiger partial charge < -0.3 is 5.32 Å². The van der Waals surface area contributed by atoms with Crippen molar-refractivity contribution < 1.29 is 14.4 Å². The predicted octanol–water partition coefficient (Wildman–Crippen LogP) is 3.77. The molecule has 0 aliphatic carbocycles. The smallest absolute Gasteiger partial charge is 0.261 e. The molecule has 1 aliphatic rings. The van der Waals surface area contributed by atoms with Gasteiger partial charge in [0.05, 0.1) is 17.2 Å². The lowest BCUT2D eigenvalue weighted by molar-refractivity contribution is -0.121. The van der Waals surface area contributed by atoms with Crippen molar-refractivity contribution in [3.8, 4) is 0 Å². The molecule has 5 heteroatoms. The van der Waals surface area contributed by atoms with E-state index < -0.39 is 0 Å². The molecular weight excluding hydrogens is 376 g/mol. The first-order chi connectivity index (χ1) is 14.6. The summed E-state index contributed by atoms with van der Waals surface area (Å²) >= 11 is 0. The fourth-order valence-electron chi connectivity index (χ4n) is 3.71. The molecule has 1 unspecified atom stereocenters. The Morgan fingerprint density at radius 3 is 1.90 bits per heavy atom. The Labute approximate surface area is 175 Å². The largest absolute Gasteiger partial charge is 0.349 e. The molecule has 0 bridgehead atoms. The van der Waals surface area contributed by atoms with E-state index in [9.17, 15) is 14.4 Å². The van der Waals surface area contributed by atoms with Crippen LogP contribution in [0.2, 0.25) is 0 Å². The summed E-state index contributed by atoms with van der Waals surface area (Å²) in [5.74, 6) is -0.879. The van der Waals surface area contributed by atoms with Gasteiger partial charge in [-0.15, -0.1) is 0 Å². The van der Waals surface area contributed by atoms with Gasteiger partial charge in [-0.25, -0.2) is 0 Å². The van der Waals surface area contributed by atoms with E-state index in [2.05, 4.69) is 5.32 Å². The van der Waals surface area contributed by atoms with Crippen molar-refractivity contribution in [2.24, 2.45) is 0 Å². The van der Waals surface area contributed by atoms with Crippen LogP contribution in [0.15, 0.2) is 84.9 Å². The number of carbonyl (C=O) groups excluding carboxylic acids is 3. The summed E-state index contributed by atoms with van der Waals surface area (Å²) in [5.41, 5.74) is 2.92. The zero-order valence-corrected chi connectivity index (χ0v) is 16.5. The van der Waals surface area contributed by atoms with Crippen LogP contribution in [0.4, 0.5) is 0 Å². The van der Waals surface area contributed by atoms with E-state index in [4.69, 9.17) is 0 Å². The molecule has 0 saturated heterocycles. The molecule has 5 nitrogen and oxygen atoms in total. The minimum Gasteiger partial charge on any atom is -0.349 e. The number of benzene rings is 3. The Balaban J connectivity index is 1.42. The van der Waals surface area contributed by atoms with Crippen molar-refractivity contribution in [3.05, 3.63) is 107 Å². The first-order valence-corrected chi connectivity index (χ1v) is 9.97. The maximum atomic E-state index is 12.7. The monoisotopic (exact) mass is 398 g/mol. The average Bonchev–Trinajstić information content (AvgIpc) is 3.03. The lowest BCUT2D eigenvalue weighted by Crippen LogP contribution is -2.36. The maximum absolute atomic E-state index is 12.7. The van der Waals surface area contributed by atoms with E-state index in [1.54, 1.807) is 24.3 Å². The van der Waals surface area contributed by atoms with Crippen LogP contribution in [0.1, 0.15) is 44.3 Å². The molecule has 0 spiro atoms. The molecule has 0 saturated carbocycles. The Morgan fingerprint density at radius 2 is 1.30 bits per heavy atom. The minimum atomic E-state index is -0.340. The fraction of sp³-hybridized carbons (Fsp3) is 0.160. The molecule has 3 aromatic rings. The molecule has 3 aromatic carbocycles. The van der Waals surface area contributed by atoms with Gasteiger partial charge in [0.1, 0.15) is 0 Å². The SMILES string of the molecule is O=C(CCN1C(=O)c2ccccc2C1=O)NC(Cc1ccccc1)c1ccccc1. The van der Waals surface area contributed by atoms with Crippen molar-refractivity contribution in [2.45, 2.75) is 18.9 Å². The van der Waals surface area contributed by atoms with E-state index in [1.165, 1.54) is 0 Å². The van der Waals surface area contributed by atoms with Gasteiger partial charge in [0.15, 0.2) is 0 Å². The Hall–Kier alpha value is -3.73. The topological polar surface area (TPSA) is 66.5 Å². The van der Waals surface area contributed by atoms with Gasteiger partial charge in [0, 0.05) is 13.0 Å². The minimum absolute atomic E-state index is 0.0591. The molecule has 1 heterocycles. The predicted molar refractivity (Wildman–Crippen MR) is 114 cm³/mol. The Kier molecular flexibility index (Phi) is 5.70. The van der Waals surface area contributed by atoms with Crippen LogP contribution in [-0.4, -0.2) is 29.2 Å². The molecule has 1 N–H and O–H groups in total. The molecule has 0 radical (unpaired) electrons. The third-order valence-electron chi connectivity index (χ3n) is 5.26. The van der Waals surface area contributed by atoms with E-state index in [-0.39, 0.29) is 36.7 Å². The van der Waals surface area contributed by atoms with Crippen molar-refractivity contribution in [3.63, 3.8) is 0 Å². The van der Waals surface area contributed by atoms with Gasteiger partial charge in [-0.2, -0.15) is 0 Å². The van der Waals surface area contributed by atoms with Crippen molar-refractivity contribution in [1.82, 2.24) is 10.2 Å². The number of hydrogen-bond donors (Lipinski definition) is 1. The lowest BCUT2D eigenvalue weighted by Gasteiger charge is -2.20. The fourth-order valence-corrected chi connectivity index (χ4v) is 3.71. The molecule has 150 valence electrons. The quantitative estimate of drug-likeness (QED) is 0.616. The zero-order valence-electron chi connectivity index (χ0n) is 16.5. The highest BCUT2D eigenvalue weighted by Crippen LogP contribution is 2.23. The van der Waals surface area contributed by atoms with E-state index in [1.807, 2.05) is 60.7 Å². The molecule has 0 fully saturated rings. The Bertz CT molecular complexity index is 1030. The molecule has 0 aromatic heterocycles. The molecular formula is C25H22N2O3. The standard InChI is InChI=1S/C25H22N2O3/c28-23(15-16-27-24(29)20-13-7-8-14-21(20)25(27)30)26-22(19-11-5-2-6-12-19)17-18-9-3-1-4-10-18/h1-14,22H,15-17H2,(H,26,28). The van der Waals surface area contributed by atoms with Gasteiger partial charge >= 0.3 is 0 Å². The zero-order chi connectivity index (χ0) is 20.9. The summed E-state index contributed by atoms with van der Waals surface area (Å²) in [6, 6.07) is 26.3. The third-order valence-corrected chi connectivity index (χ3v) is 5.26. The number of nitrogens with zero attached hydrogens (tertiary/aromatic N) is 1. The van der Waals surface area contributed by atoms with Crippen LogP contribution in [0.25, 0.3) is 0 Å². The Morgan fingerprint density at radius 1 is 0.767 bits per heavy atom. The highest BCUT2D eigenvalue weighted by atomic mass is 16.2. The van der Waals surface area contributed by atoms with E-state index in [0.29, 0.717) is 17.5 Å². The first-order valence-electron chi connectivity index (χ1n) is 9.97. The second-order valence-electron chi connectivity index (χ2n) is 7.28. The van der Waals surface area contributed by atoms with Crippen LogP contribution in [0, 0.1) is 0 Å². The van der Waals surface area contributed by atoms with E-state index in [0.717, 1.165) is 16.0 Å². The summed E-state index contributed by atoms with van der Waals surface area (Å²) in [6.07, 6.45) is 0.715. The highest BCUT2D eigenvalue weighted by molar-refractivity contribution is 6.21. The molecule has 30 heavy (non-hydrogen) atoms. The number of hydrogen-bond acceptors (Lipinski definition) is 3. The number of rotatable bonds is 7. The van der Waals surface area contributed by atoms with Crippen LogP contribution < -0.4 is 5.32 Å². The van der Waals surface area contributed by atoms with Gasteiger partial charge in [-0.1, -0.05) is 72.8 Å².